The Labute approximate surface area is 104 Å². The van der Waals surface area contributed by atoms with Crippen molar-refractivity contribution in [1.82, 2.24) is 5.32 Å². The van der Waals surface area contributed by atoms with Crippen molar-refractivity contribution in [3.8, 4) is 5.75 Å². The first-order chi connectivity index (χ1) is 8.05. The molecular formula is C15H23NO. The van der Waals surface area contributed by atoms with Crippen molar-refractivity contribution in [3.63, 3.8) is 0 Å². The average Bonchev–Trinajstić information content (AvgIpc) is 3.09. The first kappa shape index (κ1) is 12.4. The zero-order valence-corrected chi connectivity index (χ0v) is 11.3. The van der Waals surface area contributed by atoms with Crippen LogP contribution in [0.1, 0.15) is 45.2 Å². The summed E-state index contributed by atoms with van der Waals surface area (Å²) in [5.41, 5.74) is 1.85. The van der Waals surface area contributed by atoms with Crippen LogP contribution in [0.3, 0.4) is 0 Å². The molecule has 2 rings (SSSR count). The predicted octanol–water partition coefficient (Wildman–Crippen LogP) is 3.53. The van der Waals surface area contributed by atoms with E-state index >= 15 is 0 Å². The van der Waals surface area contributed by atoms with Gasteiger partial charge in [0, 0.05) is 12.1 Å². The maximum Gasteiger partial charge on any atom is 0.118 e. The van der Waals surface area contributed by atoms with Crippen LogP contribution < -0.4 is 10.1 Å². The number of benzene rings is 1. The molecule has 0 amide bonds. The molecule has 1 aliphatic carbocycles. The molecule has 0 spiro atoms. The van der Waals surface area contributed by atoms with E-state index in [-0.39, 0.29) is 0 Å². The van der Waals surface area contributed by atoms with Gasteiger partial charge in [-0.3, -0.25) is 0 Å². The molecule has 1 fully saturated rings. The SMILES string of the molecule is COc1ccc([C@@H](C)NC(C)C2(C)CC2)cc1. The van der Waals surface area contributed by atoms with Gasteiger partial charge in [0.25, 0.3) is 0 Å². The fraction of sp³-hybridized carbons (Fsp3) is 0.600. The second kappa shape index (κ2) is 4.69. The fourth-order valence-electron chi connectivity index (χ4n) is 2.20. The van der Waals surface area contributed by atoms with Crippen LogP contribution in [0.5, 0.6) is 5.75 Å². The first-order valence-corrected chi connectivity index (χ1v) is 6.45. The van der Waals surface area contributed by atoms with Crippen LogP contribution in [0.4, 0.5) is 0 Å². The third-order valence-electron chi connectivity index (χ3n) is 4.20. The Balaban J connectivity index is 1.96. The summed E-state index contributed by atoms with van der Waals surface area (Å²) in [6.45, 7) is 6.89. The zero-order valence-electron chi connectivity index (χ0n) is 11.3. The molecule has 2 nitrogen and oxygen atoms in total. The molecule has 2 atom stereocenters. The van der Waals surface area contributed by atoms with Crippen molar-refractivity contribution in [2.24, 2.45) is 5.41 Å². The van der Waals surface area contributed by atoms with Crippen molar-refractivity contribution in [3.05, 3.63) is 29.8 Å². The van der Waals surface area contributed by atoms with Crippen molar-refractivity contribution >= 4 is 0 Å². The summed E-state index contributed by atoms with van der Waals surface area (Å²) in [4.78, 5) is 0. The lowest BCUT2D eigenvalue weighted by Gasteiger charge is -2.25. The van der Waals surface area contributed by atoms with Crippen LogP contribution in [-0.4, -0.2) is 13.2 Å². The molecule has 1 N–H and O–H groups in total. The minimum atomic E-state index is 0.397. The van der Waals surface area contributed by atoms with Crippen LogP contribution in [-0.2, 0) is 0 Å². The molecule has 0 aromatic heterocycles. The summed E-state index contributed by atoms with van der Waals surface area (Å²) < 4.78 is 5.17. The van der Waals surface area contributed by atoms with Gasteiger partial charge in [0.15, 0.2) is 0 Å². The van der Waals surface area contributed by atoms with Crippen molar-refractivity contribution in [1.29, 1.82) is 0 Å². The van der Waals surface area contributed by atoms with Gasteiger partial charge in [-0.1, -0.05) is 19.1 Å². The molecule has 2 heteroatoms. The molecule has 17 heavy (non-hydrogen) atoms. The molecule has 0 heterocycles. The highest BCUT2D eigenvalue weighted by Gasteiger charge is 2.42. The lowest BCUT2D eigenvalue weighted by atomic mass is 9.98. The molecule has 1 aromatic rings. The monoisotopic (exact) mass is 233 g/mol. The minimum Gasteiger partial charge on any atom is -0.497 e. The molecule has 0 aliphatic heterocycles. The largest absolute Gasteiger partial charge is 0.497 e. The smallest absolute Gasteiger partial charge is 0.118 e. The van der Waals surface area contributed by atoms with E-state index in [0.29, 0.717) is 17.5 Å². The maximum absolute atomic E-state index is 5.17. The highest BCUT2D eigenvalue weighted by molar-refractivity contribution is 5.28. The summed E-state index contributed by atoms with van der Waals surface area (Å²) in [6.07, 6.45) is 2.72. The van der Waals surface area contributed by atoms with E-state index in [1.807, 2.05) is 12.1 Å². The van der Waals surface area contributed by atoms with Gasteiger partial charge in [0.05, 0.1) is 7.11 Å². The van der Waals surface area contributed by atoms with Crippen molar-refractivity contribution < 1.29 is 4.74 Å². The Bertz CT molecular complexity index is 367. The van der Waals surface area contributed by atoms with E-state index in [1.165, 1.54) is 18.4 Å². The maximum atomic E-state index is 5.17. The Morgan fingerprint density at radius 1 is 1.18 bits per heavy atom. The highest BCUT2D eigenvalue weighted by Crippen LogP contribution is 2.48. The van der Waals surface area contributed by atoms with E-state index in [9.17, 15) is 0 Å². The summed E-state index contributed by atoms with van der Waals surface area (Å²) >= 11 is 0. The number of nitrogens with one attached hydrogen (secondary N) is 1. The number of hydrogen-bond donors (Lipinski definition) is 1. The predicted molar refractivity (Wildman–Crippen MR) is 71.3 cm³/mol. The number of methoxy groups -OCH3 is 1. The van der Waals surface area contributed by atoms with Crippen LogP contribution >= 0.6 is 0 Å². The Morgan fingerprint density at radius 3 is 2.24 bits per heavy atom. The van der Waals surface area contributed by atoms with E-state index in [1.54, 1.807) is 7.11 Å². The summed E-state index contributed by atoms with van der Waals surface area (Å²) in [6, 6.07) is 9.30. The number of ether oxygens (including phenoxy) is 1. The Morgan fingerprint density at radius 2 is 1.76 bits per heavy atom. The number of hydrogen-bond acceptors (Lipinski definition) is 2. The average molecular weight is 233 g/mol. The molecule has 0 bridgehead atoms. The van der Waals surface area contributed by atoms with Gasteiger partial charge in [-0.25, -0.2) is 0 Å². The van der Waals surface area contributed by atoms with Crippen molar-refractivity contribution in [2.45, 2.75) is 45.7 Å². The van der Waals surface area contributed by atoms with E-state index in [0.717, 1.165) is 5.75 Å². The molecule has 1 saturated carbocycles. The van der Waals surface area contributed by atoms with Crippen LogP contribution in [0, 0.1) is 5.41 Å². The second-order valence-corrected chi connectivity index (χ2v) is 5.54. The number of rotatable bonds is 5. The van der Waals surface area contributed by atoms with E-state index in [4.69, 9.17) is 4.74 Å². The molecule has 0 saturated heterocycles. The molecule has 1 aromatic carbocycles. The summed E-state index contributed by atoms with van der Waals surface area (Å²) in [7, 11) is 1.70. The standard InChI is InChI=1S/C15H23NO/c1-11(16-12(2)15(3)9-10-15)13-5-7-14(17-4)8-6-13/h5-8,11-12,16H,9-10H2,1-4H3/t11-,12?/m1/s1. The fourth-order valence-corrected chi connectivity index (χ4v) is 2.20. The molecule has 94 valence electrons. The Hall–Kier alpha value is -1.02. The third-order valence-corrected chi connectivity index (χ3v) is 4.20. The Kier molecular flexibility index (Phi) is 3.43. The zero-order chi connectivity index (χ0) is 12.5. The van der Waals surface area contributed by atoms with Crippen molar-refractivity contribution in [2.75, 3.05) is 7.11 Å². The van der Waals surface area contributed by atoms with Crippen LogP contribution in [0.15, 0.2) is 24.3 Å². The van der Waals surface area contributed by atoms with Crippen LogP contribution in [0.25, 0.3) is 0 Å². The van der Waals surface area contributed by atoms with E-state index in [2.05, 4.69) is 38.2 Å². The lowest BCUT2D eigenvalue weighted by molar-refractivity contribution is 0.350. The third kappa shape index (κ3) is 2.81. The van der Waals surface area contributed by atoms with Gasteiger partial charge < -0.3 is 10.1 Å². The topological polar surface area (TPSA) is 21.3 Å². The van der Waals surface area contributed by atoms with Gasteiger partial charge in [0.2, 0.25) is 0 Å². The van der Waals surface area contributed by atoms with Gasteiger partial charge in [-0.05, 0) is 49.8 Å². The molecule has 0 radical (unpaired) electrons. The van der Waals surface area contributed by atoms with E-state index < -0.39 is 0 Å². The highest BCUT2D eigenvalue weighted by atomic mass is 16.5. The van der Waals surface area contributed by atoms with Crippen LogP contribution in [0.2, 0.25) is 0 Å². The van der Waals surface area contributed by atoms with Gasteiger partial charge >= 0.3 is 0 Å². The minimum absolute atomic E-state index is 0.397. The summed E-state index contributed by atoms with van der Waals surface area (Å²) in [5.74, 6) is 0.920. The molecule has 1 aliphatic rings. The normalized spacial score (nSPS) is 20.7. The quantitative estimate of drug-likeness (QED) is 0.840. The van der Waals surface area contributed by atoms with Gasteiger partial charge in [0.1, 0.15) is 5.75 Å². The van der Waals surface area contributed by atoms with Gasteiger partial charge in [-0.2, -0.15) is 0 Å². The second-order valence-electron chi connectivity index (χ2n) is 5.54. The molecule has 1 unspecified atom stereocenters. The first-order valence-electron chi connectivity index (χ1n) is 6.45. The summed E-state index contributed by atoms with van der Waals surface area (Å²) in [5, 5.41) is 3.70. The van der Waals surface area contributed by atoms with Gasteiger partial charge in [-0.15, -0.1) is 0 Å². The molecular weight excluding hydrogens is 210 g/mol. The lowest BCUT2D eigenvalue weighted by Crippen LogP contribution is -2.35.